The maximum atomic E-state index is 13.0. The molecule has 1 aliphatic carbocycles. The fraction of sp³-hybridized carbons (Fsp3) is 0.742. The second kappa shape index (κ2) is 15.9. The average Bonchev–Trinajstić information content (AvgIpc) is 3.36. The zero-order valence-corrected chi connectivity index (χ0v) is 24.6. The third-order valence-corrected chi connectivity index (χ3v) is 8.55. The number of nitriles is 1. The lowest BCUT2D eigenvalue weighted by atomic mass is 9.82. The largest absolute Gasteiger partial charge is 0.480 e. The molecule has 1 amide bonds. The third-order valence-electron chi connectivity index (χ3n) is 8.55. The Hall–Kier alpha value is -2.70. The van der Waals surface area contributed by atoms with Gasteiger partial charge in [-0.3, -0.25) is 14.4 Å². The summed E-state index contributed by atoms with van der Waals surface area (Å²) in [6.45, 7) is 9.52. The minimum absolute atomic E-state index is 0.108. The smallest absolute Gasteiger partial charge is 0.325 e. The van der Waals surface area contributed by atoms with Crippen LogP contribution in [0.2, 0.25) is 0 Å². The number of aliphatic hydroxyl groups excluding tert-OH is 2. The second-order valence-corrected chi connectivity index (χ2v) is 12.3. The van der Waals surface area contributed by atoms with E-state index in [2.05, 4.69) is 25.2 Å². The fourth-order valence-electron chi connectivity index (χ4n) is 6.37. The number of nitrogens with zero attached hydrogens (tertiary/aromatic N) is 1. The van der Waals surface area contributed by atoms with Crippen molar-refractivity contribution in [1.29, 1.82) is 5.26 Å². The monoisotopic (exact) mass is 560 g/mol. The van der Waals surface area contributed by atoms with Crippen LogP contribution in [-0.4, -0.2) is 57.5 Å². The molecule has 1 saturated carbocycles. The number of carboxylic acid groups (broad SMARTS) is 1. The van der Waals surface area contributed by atoms with Crippen molar-refractivity contribution in [2.75, 3.05) is 0 Å². The van der Waals surface area contributed by atoms with Crippen molar-refractivity contribution in [1.82, 2.24) is 5.32 Å². The first-order valence-corrected chi connectivity index (χ1v) is 14.7. The highest BCUT2D eigenvalue weighted by atomic mass is 16.5. The van der Waals surface area contributed by atoms with Gasteiger partial charge in [-0.2, -0.15) is 5.26 Å². The first-order valence-electron chi connectivity index (χ1n) is 14.7. The molecule has 0 unspecified atom stereocenters. The van der Waals surface area contributed by atoms with Gasteiger partial charge in [0.05, 0.1) is 30.3 Å². The lowest BCUT2D eigenvalue weighted by Gasteiger charge is -2.29. The van der Waals surface area contributed by atoms with Gasteiger partial charge < -0.3 is 25.4 Å². The number of esters is 1. The number of allylic oxidation sites excluding steroid dienone is 2. The van der Waals surface area contributed by atoms with Crippen LogP contribution in [0.25, 0.3) is 0 Å². The molecule has 0 bridgehead atoms. The topological polar surface area (TPSA) is 157 Å². The number of hydrogen-bond donors (Lipinski definition) is 4. The van der Waals surface area contributed by atoms with Gasteiger partial charge in [0, 0.05) is 18.3 Å². The van der Waals surface area contributed by atoms with Crippen LogP contribution in [0.5, 0.6) is 0 Å². The quantitative estimate of drug-likeness (QED) is 0.374. The molecule has 0 aromatic carbocycles. The zero-order chi connectivity index (χ0) is 30.0. The molecule has 0 spiro atoms. The summed E-state index contributed by atoms with van der Waals surface area (Å²) in [5.74, 6) is -2.48. The van der Waals surface area contributed by atoms with Crippen LogP contribution >= 0.6 is 0 Å². The van der Waals surface area contributed by atoms with Crippen LogP contribution < -0.4 is 5.32 Å². The average molecular weight is 561 g/mol. The maximum Gasteiger partial charge on any atom is 0.325 e. The number of ether oxygens (including phenoxy) is 1. The Morgan fingerprint density at radius 3 is 2.35 bits per heavy atom. The van der Waals surface area contributed by atoms with Crippen molar-refractivity contribution in [2.45, 2.75) is 110 Å². The number of amides is 1. The van der Waals surface area contributed by atoms with Gasteiger partial charge in [0.2, 0.25) is 5.91 Å². The van der Waals surface area contributed by atoms with Crippen molar-refractivity contribution in [3.63, 3.8) is 0 Å². The molecule has 0 aromatic heterocycles. The van der Waals surface area contributed by atoms with E-state index in [1.165, 1.54) is 6.92 Å². The summed E-state index contributed by atoms with van der Waals surface area (Å²) in [7, 11) is 0. The van der Waals surface area contributed by atoms with Gasteiger partial charge in [0.25, 0.3) is 0 Å². The molecule has 1 aliphatic heterocycles. The van der Waals surface area contributed by atoms with Gasteiger partial charge in [-0.15, -0.1) is 0 Å². The molecule has 224 valence electrons. The molecule has 0 saturated heterocycles. The number of carbonyl (C=O) groups excluding carboxylic acids is 2. The van der Waals surface area contributed by atoms with Crippen LogP contribution in [-0.2, 0) is 19.1 Å². The lowest BCUT2D eigenvalue weighted by molar-refractivity contribution is -0.156. The van der Waals surface area contributed by atoms with Crippen LogP contribution in [0.3, 0.4) is 0 Å². The standard InChI is InChI=1S/C31H48N2O7/c1-18-13-19(2)15-21(4)29(36)23(17-32)9-6-7-12-27(40-28(35)16-26(34)20(3)14-18)24-10-8-11-25(24)30(37)33-22(5)31(38)39/h6-7,9,18-22,24-27,29,34,36H,8,10-16H2,1-5H3,(H,33,37)(H,38,39)/b7-6+,23-9-/t18-,19+,20-,21-,22+,24+,25+,26-,27-,29+/m0/s1. The summed E-state index contributed by atoms with van der Waals surface area (Å²) in [6.07, 6.45) is 7.02. The SMILES string of the molecule is C[C@@H]1C[C@H](C)C[C@H](C)[C@@H](O)CC(=O)O[C@H]([C@@H]2CCC[C@H]2C(=O)N[C@H](C)C(=O)O)C/C=C/C=C(/C#N)[C@H](O)[C@@H](C)C1. The molecule has 1 fully saturated rings. The number of carboxylic acids is 1. The Labute approximate surface area is 238 Å². The molecule has 4 N–H and O–H groups in total. The maximum absolute atomic E-state index is 13.0. The Balaban J connectivity index is 2.33. The Kier molecular flexibility index (Phi) is 13.3. The summed E-state index contributed by atoms with van der Waals surface area (Å²) < 4.78 is 5.89. The molecular formula is C31H48N2O7. The number of cyclic esters (lactones) is 1. The van der Waals surface area contributed by atoms with Crippen molar-refractivity contribution in [2.24, 2.45) is 35.5 Å². The van der Waals surface area contributed by atoms with E-state index >= 15 is 0 Å². The fourth-order valence-corrected chi connectivity index (χ4v) is 6.37. The molecular weight excluding hydrogens is 512 g/mol. The van der Waals surface area contributed by atoms with Gasteiger partial charge in [-0.25, -0.2) is 0 Å². The number of carbonyl (C=O) groups is 3. The molecule has 2 aliphatic rings. The molecule has 40 heavy (non-hydrogen) atoms. The van der Waals surface area contributed by atoms with Gasteiger partial charge >= 0.3 is 11.9 Å². The normalized spacial score (nSPS) is 37.9. The highest BCUT2D eigenvalue weighted by molar-refractivity contribution is 5.85. The molecule has 9 heteroatoms. The van der Waals surface area contributed by atoms with Crippen molar-refractivity contribution in [3.8, 4) is 6.07 Å². The van der Waals surface area contributed by atoms with Gasteiger partial charge in [-0.05, 0) is 68.8 Å². The minimum atomic E-state index is -1.13. The van der Waals surface area contributed by atoms with Crippen molar-refractivity contribution >= 4 is 17.8 Å². The Bertz CT molecular complexity index is 971. The molecule has 0 aromatic rings. The Morgan fingerprint density at radius 2 is 1.73 bits per heavy atom. The molecule has 1 heterocycles. The summed E-state index contributed by atoms with van der Waals surface area (Å²) in [6, 6.07) is 1.07. The van der Waals surface area contributed by atoms with Crippen LogP contribution in [0.4, 0.5) is 0 Å². The number of hydrogen-bond acceptors (Lipinski definition) is 7. The zero-order valence-electron chi connectivity index (χ0n) is 24.6. The van der Waals surface area contributed by atoms with E-state index < -0.39 is 42.2 Å². The number of aliphatic carboxylic acids is 1. The summed E-state index contributed by atoms with van der Waals surface area (Å²) in [5, 5.41) is 43.1. The van der Waals surface area contributed by atoms with E-state index in [1.54, 1.807) is 18.2 Å². The van der Waals surface area contributed by atoms with Crippen molar-refractivity contribution < 1.29 is 34.4 Å². The highest BCUT2D eigenvalue weighted by Crippen LogP contribution is 2.37. The lowest BCUT2D eigenvalue weighted by Crippen LogP contribution is -2.44. The number of aliphatic hydroxyl groups is 2. The van der Waals surface area contributed by atoms with Gasteiger partial charge in [-0.1, -0.05) is 46.3 Å². The van der Waals surface area contributed by atoms with E-state index in [-0.39, 0.29) is 42.1 Å². The van der Waals surface area contributed by atoms with Crippen LogP contribution in [0.15, 0.2) is 23.8 Å². The van der Waals surface area contributed by atoms with E-state index in [1.807, 2.05) is 13.8 Å². The molecule has 0 radical (unpaired) electrons. The number of nitrogens with one attached hydrogen (secondary N) is 1. The van der Waals surface area contributed by atoms with E-state index in [4.69, 9.17) is 4.74 Å². The van der Waals surface area contributed by atoms with E-state index in [0.29, 0.717) is 24.7 Å². The molecule has 2 rings (SSSR count). The predicted molar refractivity (Wildman–Crippen MR) is 151 cm³/mol. The van der Waals surface area contributed by atoms with Crippen molar-refractivity contribution in [3.05, 3.63) is 23.8 Å². The third kappa shape index (κ3) is 10.0. The van der Waals surface area contributed by atoms with E-state index in [9.17, 15) is 35.0 Å². The van der Waals surface area contributed by atoms with Gasteiger partial charge in [0.1, 0.15) is 12.1 Å². The highest BCUT2D eigenvalue weighted by Gasteiger charge is 2.40. The molecule has 10 atom stereocenters. The van der Waals surface area contributed by atoms with Gasteiger partial charge in [0.15, 0.2) is 0 Å². The van der Waals surface area contributed by atoms with Crippen LogP contribution in [0, 0.1) is 46.8 Å². The van der Waals surface area contributed by atoms with E-state index in [0.717, 1.165) is 25.7 Å². The van der Waals surface area contributed by atoms with Crippen LogP contribution in [0.1, 0.15) is 86.0 Å². The summed E-state index contributed by atoms with van der Waals surface area (Å²) in [5.41, 5.74) is 0.260. The summed E-state index contributed by atoms with van der Waals surface area (Å²) in [4.78, 5) is 37.2. The first kappa shape index (κ1) is 33.5. The minimum Gasteiger partial charge on any atom is -0.480 e. The first-order chi connectivity index (χ1) is 18.8. The predicted octanol–water partition coefficient (Wildman–Crippen LogP) is 4.14. The Morgan fingerprint density at radius 1 is 1.07 bits per heavy atom. The summed E-state index contributed by atoms with van der Waals surface area (Å²) >= 11 is 0. The number of rotatable bonds is 4. The second-order valence-electron chi connectivity index (χ2n) is 12.3. The molecule has 9 nitrogen and oxygen atoms in total.